The molecule has 0 amide bonds. The van der Waals surface area contributed by atoms with Gasteiger partial charge < -0.3 is 4.74 Å². The molecule has 6 nitrogen and oxygen atoms in total. The van der Waals surface area contributed by atoms with E-state index >= 15 is 0 Å². The lowest BCUT2D eigenvalue weighted by Crippen LogP contribution is -1.95. The van der Waals surface area contributed by atoms with Gasteiger partial charge in [0.15, 0.2) is 6.29 Å². The molecular weight excluding hydrogens is 236 g/mol. The van der Waals surface area contributed by atoms with E-state index in [4.69, 9.17) is 4.74 Å². The van der Waals surface area contributed by atoms with Crippen molar-refractivity contribution in [3.8, 4) is 11.5 Å². The maximum absolute atomic E-state index is 10.8. The van der Waals surface area contributed by atoms with Crippen molar-refractivity contribution in [2.24, 2.45) is 0 Å². The Bertz CT molecular complexity index is 584. The van der Waals surface area contributed by atoms with E-state index < -0.39 is 4.92 Å². The van der Waals surface area contributed by atoms with Crippen molar-refractivity contribution in [2.75, 3.05) is 0 Å². The first-order chi connectivity index (χ1) is 8.70. The summed E-state index contributed by atoms with van der Waals surface area (Å²) in [4.78, 5) is 24.7. The minimum absolute atomic E-state index is 0.0265. The molecule has 0 N–H and O–H groups in total. The van der Waals surface area contributed by atoms with E-state index in [-0.39, 0.29) is 11.3 Å². The van der Waals surface area contributed by atoms with E-state index in [0.717, 1.165) is 0 Å². The van der Waals surface area contributed by atoms with Gasteiger partial charge in [0.25, 0.3) is 5.69 Å². The lowest BCUT2D eigenvalue weighted by atomic mass is 10.2. The average molecular weight is 244 g/mol. The number of rotatable bonds is 4. The maximum atomic E-state index is 10.8. The van der Waals surface area contributed by atoms with Gasteiger partial charge in [0.1, 0.15) is 11.5 Å². The number of pyridine rings is 1. The molecule has 1 aromatic carbocycles. The molecule has 0 atom stereocenters. The molecule has 0 aliphatic carbocycles. The van der Waals surface area contributed by atoms with Crippen LogP contribution >= 0.6 is 0 Å². The van der Waals surface area contributed by atoms with Crippen molar-refractivity contribution in [3.63, 3.8) is 0 Å². The fourth-order valence-corrected chi connectivity index (χ4v) is 1.40. The van der Waals surface area contributed by atoms with Crippen LogP contribution in [-0.2, 0) is 0 Å². The summed E-state index contributed by atoms with van der Waals surface area (Å²) in [6, 6.07) is 7.36. The van der Waals surface area contributed by atoms with Crippen molar-refractivity contribution in [1.29, 1.82) is 0 Å². The molecule has 2 rings (SSSR count). The second kappa shape index (κ2) is 5.05. The van der Waals surface area contributed by atoms with Crippen LogP contribution in [0.1, 0.15) is 10.4 Å². The number of carbonyl (C=O) groups is 1. The van der Waals surface area contributed by atoms with Gasteiger partial charge in [-0.2, -0.15) is 0 Å². The molecule has 0 spiro atoms. The normalized spacial score (nSPS) is 9.78. The van der Waals surface area contributed by atoms with Crippen LogP contribution < -0.4 is 4.74 Å². The Morgan fingerprint density at radius 3 is 2.72 bits per heavy atom. The van der Waals surface area contributed by atoms with Gasteiger partial charge >= 0.3 is 0 Å². The zero-order valence-corrected chi connectivity index (χ0v) is 9.15. The van der Waals surface area contributed by atoms with Crippen molar-refractivity contribution in [1.82, 2.24) is 4.98 Å². The zero-order valence-electron chi connectivity index (χ0n) is 9.15. The zero-order chi connectivity index (χ0) is 13.0. The van der Waals surface area contributed by atoms with Gasteiger partial charge in [0, 0.05) is 12.3 Å². The Morgan fingerprint density at radius 1 is 1.28 bits per heavy atom. The van der Waals surface area contributed by atoms with Crippen LogP contribution in [0.2, 0.25) is 0 Å². The summed E-state index contributed by atoms with van der Waals surface area (Å²) in [6.07, 6.45) is 3.52. The van der Waals surface area contributed by atoms with Gasteiger partial charge in [-0.25, -0.2) is 0 Å². The molecule has 0 saturated carbocycles. The molecule has 0 bridgehead atoms. The summed E-state index contributed by atoms with van der Waals surface area (Å²) in [5.41, 5.74) is -0.273. The van der Waals surface area contributed by atoms with Crippen LogP contribution in [0, 0.1) is 10.1 Å². The van der Waals surface area contributed by atoms with Gasteiger partial charge in [-0.05, 0) is 24.3 Å². The number of carbonyl (C=O) groups excluding carboxylic acids is 1. The van der Waals surface area contributed by atoms with Gasteiger partial charge in [-0.1, -0.05) is 0 Å². The van der Waals surface area contributed by atoms with Crippen LogP contribution in [0.3, 0.4) is 0 Å². The molecule has 1 heterocycles. The largest absolute Gasteiger partial charge is 0.456 e. The average Bonchev–Trinajstić information content (AvgIpc) is 2.39. The van der Waals surface area contributed by atoms with Crippen molar-refractivity contribution >= 4 is 12.0 Å². The number of ether oxygens (including phenoxy) is 1. The van der Waals surface area contributed by atoms with Gasteiger partial charge in [-0.3, -0.25) is 19.9 Å². The highest BCUT2D eigenvalue weighted by Crippen LogP contribution is 2.26. The standard InChI is InChI=1S/C12H8N2O4/c15-8-9-6-10(3-4-12(9)14(16)17)18-11-2-1-5-13-7-11/h1-8H. The number of aromatic nitrogens is 1. The van der Waals surface area contributed by atoms with Gasteiger partial charge in [-0.15, -0.1) is 0 Å². The third-order valence-corrected chi connectivity index (χ3v) is 2.19. The topological polar surface area (TPSA) is 82.3 Å². The monoisotopic (exact) mass is 244 g/mol. The number of hydrogen-bond donors (Lipinski definition) is 0. The number of nitrogens with zero attached hydrogens (tertiary/aromatic N) is 2. The van der Waals surface area contributed by atoms with Gasteiger partial charge in [0.2, 0.25) is 0 Å². The van der Waals surface area contributed by atoms with E-state index in [0.29, 0.717) is 17.8 Å². The van der Waals surface area contributed by atoms with Crippen molar-refractivity contribution in [3.05, 3.63) is 58.4 Å². The summed E-state index contributed by atoms with van der Waals surface area (Å²) in [6.45, 7) is 0. The fourth-order valence-electron chi connectivity index (χ4n) is 1.40. The lowest BCUT2D eigenvalue weighted by molar-refractivity contribution is -0.385. The molecule has 0 aliphatic heterocycles. The first-order valence-corrected chi connectivity index (χ1v) is 5.02. The van der Waals surface area contributed by atoms with E-state index in [1.165, 1.54) is 24.4 Å². The Hall–Kier alpha value is -2.76. The SMILES string of the molecule is O=Cc1cc(Oc2cccnc2)ccc1[N+](=O)[O-]. The Kier molecular flexibility index (Phi) is 3.29. The van der Waals surface area contributed by atoms with E-state index in [2.05, 4.69) is 4.98 Å². The quantitative estimate of drug-likeness (QED) is 0.469. The first-order valence-electron chi connectivity index (χ1n) is 5.02. The smallest absolute Gasteiger partial charge is 0.280 e. The highest BCUT2D eigenvalue weighted by molar-refractivity contribution is 5.82. The number of aldehydes is 1. The summed E-state index contributed by atoms with van der Waals surface area (Å²) in [5, 5.41) is 10.6. The molecule has 6 heteroatoms. The van der Waals surface area contributed by atoms with Crippen LogP contribution in [0.25, 0.3) is 0 Å². The molecule has 0 fully saturated rings. The van der Waals surface area contributed by atoms with Crippen LogP contribution in [0.15, 0.2) is 42.7 Å². The summed E-state index contributed by atoms with van der Waals surface area (Å²) >= 11 is 0. The van der Waals surface area contributed by atoms with E-state index in [9.17, 15) is 14.9 Å². The molecule has 0 radical (unpaired) electrons. The first kappa shape index (κ1) is 11.7. The maximum Gasteiger partial charge on any atom is 0.280 e. The molecule has 2 aromatic rings. The molecule has 0 saturated heterocycles. The predicted molar refractivity (Wildman–Crippen MR) is 62.8 cm³/mol. The van der Waals surface area contributed by atoms with E-state index in [1.807, 2.05) is 0 Å². The molecule has 90 valence electrons. The van der Waals surface area contributed by atoms with Gasteiger partial charge in [0.05, 0.1) is 16.7 Å². The Labute approximate surface area is 102 Å². The summed E-state index contributed by atoms with van der Waals surface area (Å²) in [5.74, 6) is 0.832. The Balaban J connectivity index is 2.31. The second-order valence-corrected chi connectivity index (χ2v) is 3.39. The molecular formula is C12H8N2O4. The third kappa shape index (κ3) is 2.49. The van der Waals surface area contributed by atoms with Crippen LogP contribution in [0.5, 0.6) is 11.5 Å². The van der Waals surface area contributed by atoms with Crippen molar-refractivity contribution in [2.45, 2.75) is 0 Å². The highest BCUT2D eigenvalue weighted by atomic mass is 16.6. The van der Waals surface area contributed by atoms with E-state index in [1.54, 1.807) is 18.3 Å². The third-order valence-electron chi connectivity index (χ3n) is 2.19. The second-order valence-electron chi connectivity index (χ2n) is 3.39. The number of nitro benzene ring substituents is 1. The fraction of sp³-hybridized carbons (Fsp3) is 0. The molecule has 0 aliphatic rings. The Morgan fingerprint density at radius 2 is 2.11 bits per heavy atom. The van der Waals surface area contributed by atoms with Crippen LogP contribution in [0.4, 0.5) is 5.69 Å². The molecule has 0 unspecified atom stereocenters. The predicted octanol–water partition coefficient (Wildman–Crippen LogP) is 2.59. The number of hydrogen-bond acceptors (Lipinski definition) is 5. The number of nitro groups is 1. The number of benzene rings is 1. The van der Waals surface area contributed by atoms with Crippen LogP contribution in [-0.4, -0.2) is 16.2 Å². The molecule has 18 heavy (non-hydrogen) atoms. The summed E-state index contributed by atoms with van der Waals surface area (Å²) < 4.78 is 5.41. The summed E-state index contributed by atoms with van der Waals surface area (Å²) in [7, 11) is 0. The van der Waals surface area contributed by atoms with Crippen molar-refractivity contribution < 1.29 is 14.5 Å². The minimum Gasteiger partial charge on any atom is -0.456 e. The minimum atomic E-state index is -0.614. The lowest BCUT2D eigenvalue weighted by Gasteiger charge is -2.05. The molecule has 1 aromatic heterocycles. The highest BCUT2D eigenvalue weighted by Gasteiger charge is 2.14.